The summed E-state index contributed by atoms with van der Waals surface area (Å²) in [6.07, 6.45) is 3.35. The molecule has 4 heterocycles. The highest BCUT2D eigenvalue weighted by Gasteiger charge is 2.29. The lowest BCUT2D eigenvalue weighted by Crippen LogP contribution is -2.39. The van der Waals surface area contributed by atoms with E-state index >= 15 is 0 Å². The van der Waals surface area contributed by atoms with Crippen molar-refractivity contribution in [1.82, 2.24) is 25.1 Å². The number of amides is 1. The molecule has 7 nitrogen and oxygen atoms in total. The molecule has 0 aliphatic carbocycles. The van der Waals surface area contributed by atoms with Crippen molar-refractivity contribution in [2.24, 2.45) is 0 Å². The molecule has 0 radical (unpaired) electrons. The Kier molecular flexibility index (Phi) is 4.32. The van der Waals surface area contributed by atoms with Gasteiger partial charge in [0.2, 0.25) is 11.8 Å². The van der Waals surface area contributed by atoms with Crippen LogP contribution in [0, 0.1) is 0 Å². The molecule has 3 aromatic heterocycles. The summed E-state index contributed by atoms with van der Waals surface area (Å²) in [6, 6.07) is 9.50. The number of piperidine rings is 1. The van der Waals surface area contributed by atoms with Crippen LogP contribution in [0.2, 0.25) is 0 Å². The van der Waals surface area contributed by atoms with Crippen molar-refractivity contribution in [2.45, 2.75) is 18.8 Å². The average molecular weight is 391 g/mol. The van der Waals surface area contributed by atoms with Gasteiger partial charge >= 0.3 is 0 Å². The number of benzene rings is 1. The van der Waals surface area contributed by atoms with Gasteiger partial charge in [-0.3, -0.25) is 9.78 Å². The predicted octanol–water partition coefficient (Wildman–Crippen LogP) is 3.76. The fourth-order valence-corrected chi connectivity index (χ4v) is 4.12. The molecular formula is C20H17N5O2S. The lowest BCUT2D eigenvalue weighted by atomic mass is 9.98. The monoisotopic (exact) mass is 391 g/mol. The van der Waals surface area contributed by atoms with Gasteiger partial charge in [-0.15, -0.1) is 10.2 Å². The van der Waals surface area contributed by atoms with E-state index < -0.39 is 0 Å². The Morgan fingerprint density at radius 3 is 2.93 bits per heavy atom. The number of fused-ring (bicyclic) bond motifs is 1. The van der Waals surface area contributed by atoms with Crippen molar-refractivity contribution in [2.75, 3.05) is 13.1 Å². The summed E-state index contributed by atoms with van der Waals surface area (Å²) in [4.78, 5) is 23.6. The van der Waals surface area contributed by atoms with Crippen molar-refractivity contribution in [3.05, 3.63) is 58.9 Å². The Labute approximate surface area is 165 Å². The topological polar surface area (TPSA) is 85.0 Å². The van der Waals surface area contributed by atoms with E-state index in [4.69, 9.17) is 4.42 Å². The molecule has 1 amide bonds. The number of hydrogen-bond donors (Lipinski definition) is 0. The molecule has 1 saturated heterocycles. The van der Waals surface area contributed by atoms with Crippen LogP contribution in [0.5, 0.6) is 0 Å². The van der Waals surface area contributed by atoms with Crippen molar-refractivity contribution < 1.29 is 9.21 Å². The average Bonchev–Trinajstić information content (AvgIpc) is 3.45. The second-order valence-corrected chi connectivity index (χ2v) is 7.57. The standard InChI is InChI=1S/C20H17N5O2S/c26-20(17-10-21-15-5-1-2-6-16(15)22-17)25-8-3-4-13(11-25)18-23-24-19(27-18)14-7-9-28-12-14/h1-2,5-7,9-10,12-13H,3-4,8,11H2. The molecule has 1 unspecified atom stereocenters. The Morgan fingerprint density at radius 1 is 1.18 bits per heavy atom. The highest BCUT2D eigenvalue weighted by Crippen LogP contribution is 2.29. The van der Waals surface area contributed by atoms with Gasteiger partial charge in [0.25, 0.3) is 5.91 Å². The summed E-state index contributed by atoms with van der Waals surface area (Å²) in [5, 5.41) is 12.3. The lowest BCUT2D eigenvalue weighted by Gasteiger charge is -2.30. The molecule has 0 saturated carbocycles. The number of para-hydroxylation sites is 2. The number of carbonyl (C=O) groups excluding carboxylic acids is 1. The van der Waals surface area contributed by atoms with Crippen molar-refractivity contribution in [3.8, 4) is 11.5 Å². The number of carbonyl (C=O) groups is 1. The number of hydrogen-bond acceptors (Lipinski definition) is 7. The fraction of sp³-hybridized carbons (Fsp3) is 0.250. The fourth-order valence-electron chi connectivity index (χ4n) is 3.49. The quantitative estimate of drug-likeness (QED) is 0.529. The van der Waals surface area contributed by atoms with Gasteiger partial charge in [-0.05, 0) is 36.4 Å². The van der Waals surface area contributed by atoms with Crippen LogP contribution < -0.4 is 0 Å². The SMILES string of the molecule is O=C(c1cnc2ccccc2n1)N1CCCC(c2nnc(-c3ccsc3)o2)C1. The smallest absolute Gasteiger partial charge is 0.274 e. The molecular weight excluding hydrogens is 374 g/mol. The lowest BCUT2D eigenvalue weighted by molar-refractivity contribution is 0.0692. The van der Waals surface area contributed by atoms with Crippen LogP contribution in [0.3, 0.4) is 0 Å². The molecule has 140 valence electrons. The highest BCUT2D eigenvalue weighted by molar-refractivity contribution is 7.08. The summed E-state index contributed by atoms with van der Waals surface area (Å²) in [5.74, 6) is 1.04. The first-order chi connectivity index (χ1) is 13.8. The second-order valence-electron chi connectivity index (χ2n) is 6.79. The Hall–Kier alpha value is -3.13. The third kappa shape index (κ3) is 3.16. The molecule has 1 aliphatic heterocycles. The van der Waals surface area contributed by atoms with E-state index in [1.165, 1.54) is 0 Å². The zero-order valence-corrected chi connectivity index (χ0v) is 15.8. The van der Waals surface area contributed by atoms with Gasteiger partial charge < -0.3 is 9.32 Å². The zero-order valence-electron chi connectivity index (χ0n) is 15.0. The Morgan fingerprint density at radius 2 is 2.07 bits per heavy atom. The predicted molar refractivity (Wildman–Crippen MR) is 105 cm³/mol. The van der Waals surface area contributed by atoms with E-state index in [1.807, 2.05) is 41.1 Å². The van der Waals surface area contributed by atoms with Crippen molar-refractivity contribution >= 4 is 28.3 Å². The summed E-state index contributed by atoms with van der Waals surface area (Å²) in [7, 11) is 0. The third-order valence-corrected chi connectivity index (χ3v) is 5.62. The number of rotatable bonds is 3. The van der Waals surface area contributed by atoms with Crippen LogP contribution in [0.4, 0.5) is 0 Å². The molecule has 28 heavy (non-hydrogen) atoms. The summed E-state index contributed by atoms with van der Waals surface area (Å²) in [5.41, 5.74) is 2.80. The minimum atomic E-state index is -0.111. The molecule has 5 rings (SSSR count). The minimum absolute atomic E-state index is 0.0333. The number of likely N-dealkylation sites (tertiary alicyclic amines) is 1. The molecule has 1 aromatic carbocycles. The molecule has 0 bridgehead atoms. The molecule has 1 atom stereocenters. The molecule has 0 spiro atoms. The third-order valence-electron chi connectivity index (χ3n) is 4.93. The van der Waals surface area contributed by atoms with E-state index in [9.17, 15) is 4.79 Å². The number of aromatic nitrogens is 4. The second kappa shape index (κ2) is 7.12. The Bertz CT molecular complexity index is 1120. The zero-order chi connectivity index (χ0) is 18.9. The van der Waals surface area contributed by atoms with E-state index in [-0.39, 0.29) is 11.8 Å². The van der Waals surface area contributed by atoms with E-state index in [1.54, 1.807) is 22.4 Å². The van der Waals surface area contributed by atoms with Crippen LogP contribution >= 0.6 is 11.3 Å². The largest absolute Gasteiger partial charge is 0.420 e. The van der Waals surface area contributed by atoms with Gasteiger partial charge in [0.15, 0.2) is 0 Å². The van der Waals surface area contributed by atoms with Gasteiger partial charge in [0.1, 0.15) is 5.69 Å². The van der Waals surface area contributed by atoms with E-state index in [2.05, 4.69) is 20.2 Å². The van der Waals surface area contributed by atoms with Crippen molar-refractivity contribution in [1.29, 1.82) is 0 Å². The van der Waals surface area contributed by atoms with Crippen LogP contribution in [-0.2, 0) is 0 Å². The number of thiophene rings is 1. The first-order valence-electron chi connectivity index (χ1n) is 9.15. The molecule has 4 aromatic rings. The van der Waals surface area contributed by atoms with E-state index in [0.717, 1.165) is 29.4 Å². The number of nitrogens with zero attached hydrogens (tertiary/aromatic N) is 5. The maximum absolute atomic E-state index is 13.0. The first-order valence-corrected chi connectivity index (χ1v) is 10.1. The van der Waals surface area contributed by atoms with Gasteiger partial charge in [0, 0.05) is 24.0 Å². The minimum Gasteiger partial charge on any atom is -0.420 e. The summed E-state index contributed by atoms with van der Waals surface area (Å²) >= 11 is 1.59. The van der Waals surface area contributed by atoms with E-state index in [0.29, 0.717) is 30.6 Å². The molecule has 1 aliphatic rings. The molecule has 1 fully saturated rings. The first kappa shape index (κ1) is 17.0. The normalized spacial score (nSPS) is 17.1. The van der Waals surface area contributed by atoms with Gasteiger partial charge in [-0.25, -0.2) is 4.98 Å². The highest BCUT2D eigenvalue weighted by atomic mass is 32.1. The van der Waals surface area contributed by atoms with Crippen LogP contribution in [0.25, 0.3) is 22.5 Å². The van der Waals surface area contributed by atoms with Crippen LogP contribution in [0.15, 0.2) is 51.7 Å². The maximum atomic E-state index is 13.0. The van der Waals surface area contributed by atoms with Gasteiger partial charge in [-0.1, -0.05) is 12.1 Å². The Balaban J connectivity index is 1.35. The van der Waals surface area contributed by atoms with Crippen molar-refractivity contribution in [3.63, 3.8) is 0 Å². The summed E-state index contributed by atoms with van der Waals surface area (Å²) < 4.78 is 5.88. The van der Waals surface area contributed by atoms with Crippen LogP contribution in [0.1, 0.15) is 35.1 Å². The summed E-state index contributed by atoms with van der Waals surface area (Å²) in [6.45, 7) is 1.23. The molecule has 0 N–H and O–H groups in total. The van der Waals surface area contributed by atoms with Crippen LogP contribution in [-0.4, -0.2) is 44.1 Å². The maximum Gasteiger partial charge on any atom is 0.274 e. The van der Waals surface area contributed by atoms with Gasteiger partial charge in [0.05, 0.1) is 23.1 Å². The van der Waals surface area contributed by atoms with Gasteiger partial charge in [-0.2, -0.15) is 11.3 Å². The molecule has 8 heteroatoms.